The summed E-state index contributed by atoms with van der Waals surface area (Å²) in [5.41, 5.74) is 1.90. The summed E-state index contributed by atoms with van der Waals surface area (Å²) in [6, 6.07) is 8.11. The molecule has 2 rings (SSSR count). The quantitative estimate of drug-likeness (QED) is 0.749. The van der Waals surface area contributed by atoms with Crippen LogP contribution >= 0.6 is 0 Å². The molecule has 1 atom stereocenters. The Morgan fingerprint density at radius 2 is 1.89 bits per heavy atom. The number of carbonyl (C=O) groups is 1. The first-order chi connectivity index (χ1) is 8.67. The number of rotatable bonds is 5. The summed E-state index contributed by atoms with van der Waals surface area (Å²) < 4.78 is 0. The van der Waals surface area contributed by atoms with Gasteiger partial charge in [0.05, 0.1) is 0 Å². The molecular weight excluding hydrogens is 226 g/mol. The third kappa shape index (κ3) is 3.95. The second-order valence-electron chi connectivity index (χ2n) is 5.01. The van der Waals surface area contributed by atoms with Crippen molar-refractivity contribution in [3.8, 4) is 0 Å². The molecule has 4 nitrogen and oxygen atoms in total. The Morgan fingerprint density at radius 1 is 1.28 bits per heavy atom. The van der Waals surface area contributed by atoms with E-state index >= 15 is 0 Å². The second kappa shape index (κ2) is 5.76. The first-order valence-corrected chi connectivity index (χ1v) is 6.52. The second-order valence-corrected chi connectivity index (χ2v) is 5.01. The lowest BCUT2D eigenvalue weighted by Gasteiger charge is -2.15. The Kier molecular flexibility index (Phi) is 4.07. The van der Waals surface area contributed by atoms with E-state index in [1.54, 1.807) is 7.05 Å². The maximum absolute atomic E-state index is 11.1. The van der Waals surface area contributed by atoms with Gasteiger partial charge in [-0.15, -0.1) is 0 Å². The van der Waals surface area contributed by atoms with E-state index in [0.717, 1.165) is 17.3 Å². The molecule has 0 spiro atoms. The van der Waals surface area contributed by atoms with E-state index in [4.69, 9.17) is 0 Å². The van der Waals surface area contributed by atoms with E-state index in [1.165, 1.54) is 19.3 Å². The molecule has 1 fully saturated rings. The summed E-state index contributed by atoms with van der Waals surface area (Å²) in [4.78, 5) is 11.1. The summed E-state index contributed by atoms with van der Waals surface area (Å²) in [6.45, 7) is 2.22. The summed E-state index contributed by atoms with van der Waals surface area (Å²) in [5.74, 6) is 0.932. The lowest BCUT2D eigenvalue weighted by Crippen LogP contribution is -2.24. The predicted molar refractivity (Wildman–Crippen MR) is 74.9 cm³/mol. The van der Waals surface area contributed by atoms with Crippen LogP contribution in [0.25, 0.3) is 0 Å². The van der Waals surface area contributed by atoms with Crippen LogP contribution in [0.4, 0.5) is 16.2 Å². The molecule has 0 bridgehead atoms. The Labute approximate surface area is 108 Å². The zero-order valence-corrected chi connectivity index (χ0v) is 11.0. The fraction of sp³-hybridized carbons (Fsp3) is 0.500. The Morgan fingerprint density at radius 3 is 2.44 bits per heavy atom. The van der Waals surface area contributed by atoms with E-state index in [-0.39, 0.29) is 6.03 Å². The SMILES string of the molecule is CNC(=O)Nc1ccc(NC(C)CC2CC2)cc1. The number of anilines is 2. The zero-order chi connectivity index (χ0) is 13.0. The Bertz CT molecular complexity index is 398. The number of hydrogen-bond donors (Lipinski definition) is 3. The largest absolute Gasteiger partial charge is 0.383 e. The lowest BCUT2D eigenvalue weighted by molar-refractivity contribution is 0.254. The van der Waals surface area contributed by atoms with Gasteiger partial charge in [-0.25, -0.2) is 4.79 Å². The first-order valence-electron chi connectivity index (χ1n) is 6.52. The molecule has 0 heterocycles. The highest BCUT2D eigenvalue weighted by Gasteiger charge is 2.23. The molecule has 98 valence electrons. The minimum absolute atomic E-state index is 0.196. The van der Waals surface area contributed by atoms with Crippen LogP contribution in [0.3, 0.4) is 0 Å². The highest BCUT2D eigenvalue weighted by atomic mass is 16.2. The van der Waals surface area contributed by atoms with Gasteiger partial charge in [0.2, 0.25) is 0 Å². The number of nitrogens with one attached hydrogen (secondary N) is 3. The molecule has 0 radical (unpaired) electrons. The minimum Gasteiger partial charge on any atom is -0.383 e. The highest BCUT2D eigenvalue weighted by Crippen LogP contribution is 2.34. The molecule has 1 aromatic rings. The summed E-state index contributed by atoms with van der Waals surface area (Å²) in [6.07, 6.45) is 4.03. The number of carbonyl (C=O) groups excluding carboxylic acids is 1. The Balaban J connectivity index is 1.84. The normalized spacial score (nSPS) is 15.9. The van der Waals surface area contributed by atoms with Crippen LogP contribution < -0.4 is 16.0 Å². The average molecular weight is 247 g/mol. The number of urea groups is 1. The van der Waals surface area contributed by atoms with Crippen molar-refractivity contribution < 1.29 is 4.79 Å². The third-order valence-electron chi connectivity index (χ3n) is 3.17. The van der Waals surface area contributed by atoms with E-state index < -0.39 is 0 Å². The maximum atomic E-state index is 11.1. The standard InChI is InChI=1S/C14H21N3O/c1-10(9-11-3-4-11)16-12-5-7-13(8-6-12)17-14(18)15-2/h5-8,10-11,16H,3-4,9H2,1-2H3,(H2,15,17,18). The van der Waals surface area contributed by atoms with Gasteiger partial charge >= 0.3 is 6.03 Å². The van der Waals surface area contributed by atoms with Gasteiger partial charge in [0, 0.05) is 24.5 Å². The van der Waals surface area contributed by atoms with Gasteiger partial charge < -0.3 is 16.0 Å². The molecule has 0 aliphatic heterocycles. The van der Waals surface area contributed by atoms with E-state index in [2.05, 4.69) is 22.9 Å². The molecule has 1 aromatic carbocycles. The van der Waals surface area contributed by atoms with Crippen molar-refractivity contribution in [1.82, 2.24) is 5.32 Å². The van der Waals surface area contributed by atoms with E-state index in [1.807, 2.05) is 24.3 Å². The topological polar surface area (TPSA) is 53.2 Å². The monoisotopic (exact) mass is 247 g/mol. The molecule has 1 aliphatic rings. The molecule has 3 N–H and O–H groups in total. The summed E-state index contributed by atoms with van der Waals surface area (Å²) in [5, 5.41) is 8.74. The van der Waals surface area contributed by atoms with Gasteiger partial charge in [0.25, 0.3) is 0 Å². The number of hydrogen-bond acceptors (Lipinski definition) is 2. The van der Waals surface area contributed by atoms with Gasteiger partial charge in [0.1, 0.15) is 0 Å². The molecule has 4 heteroatoms. The molecule has 1 unspecified atom stereocenters. The van der Waals surface area contributed by atoms with Gasteiger partial charge in [-0.1, -0.05) is 12.8 Å². The average Bonchev–Trinajstić information content (AvgIpc) is 3.15. The van der Waals surface area contributed by atoms with Crippen molar-refractivity contribution in [2.24, 2.45) is 5.92 Å². The number of amides is 2. The van der Waals surface area contributed by atoms with Crippen molar-refractivity contribution in [3.63, 3.8) is 0 Å². The predicted octanol–water partition coefficient (Wildman–Crippen LogP) is 3.04. The molecule has 2 amide bonds. The molecule has 1 aliphatic carbocycles. The summed E-state index contributed by atoms with van der Waals surface area (Å²) >= 11 is 0. The zero-order valence-electron chi connectivity index (χ0n) is 11.0. The van der Waals surface area contributed by atoms with Crippen molar-refractivity contribution in [2.75, 3.05) is 17.7 Å². The maximum Gasteiger partial charge on any atom is 0.318 e. The fourth-order valence-electron chi connectivity index (χ4n) is 2.04. The highest BCUT2D eigenvalue weighted by molar-refractivity contribution is 5.89. The van der Waals surface area contributed by atoms with Crippen LogP contribution in [-0.2, 0) is 0 Å². The molecule has 1 saturated carbocycles. The van der Waals surface area contributed by atoms with Gasteiger partial charge in [-0.05, 0) is 43.5 Å². The summed E-state index contributed by atoms with van der Waals surface area (Å²) in [7, 11) is 1.60. The smallest absolute Gasteiger partial charge is 0.318 e. The van der Waals surface area contributed by atoms with Crippen LogP contribution in [-0.4, -0.2) is 19.1 Å². The minimum atomic E-state index is -0.196. The van der Waals surface area contributed by atoms with Crippen molar-refractivity contribution in [2.45, 2.75) is 32.2 Å². The third-order valence-corrected chi connectivity index (χ3v) is 3.17. The van der Waals surface area contributed by atoms with Crippen LogP contribution in [0, 0.1) is 5.92 Å². The number of benzene rings is 1. The van der Waals surface area contributed by atoms with Crippen LogP contribution in [0.15, 0.2) is 24.3 Å². The van der Waals surface area contributed by atoms with E-state index in [9.17, 15) is 4.79 Å². The first kappa shape index (κ1) is 12.7. The van der Waals surface area contributed by atoms with E-state index in [0.29, 0.717) is 6.04 Å². The van der Waals surface area contributed by atoms with Crippen molar-refractivity contribution >= 4 is 17.4 Å². The van der Waals surface area contributed by atoms with Gasteiger partial charge in [-0.3, -0.25) is 0 Å². The molecular formula is C14H21N3O. The van der Waals surface area contributed by atoms with Crippen LogP contribution in [0.2, 0.25) is 0 Å². The van der Waals surface area contributed by atoms with Gasteiger partial charge in [0.15, 0.2) is 0 Å². The van der Waals surface area contributed by atoms with Crippen LogP contribution in [0.1, 0.15) is 26.2 Å². The lowest BCUT2D eigenvalue weighted by atomic mass is 10.1. The molecule has 18 heavy (non-hydrogen) atoms. The Hall–Kier alpha value is -1.71. The van der Waals surface area contributed by atoms with Crippen molar-refractivity contribution in [3.05, 3.63) is 24.3 Å². The van der Waals surface area contributed by atoms with Crippen molar-refractivity contribution in [1.29, 1.82) is 0 Å². The fourth-order valence-corrected chi connectivity index (χ4v) is 2.04. The molecule has 0 saturated heterocycles. The molecule has 0 aromatic heterocycles. The van der Waals surface area contributed by atoms with Gasteiger partial charge in [-0.2, -0.15) is 0 Å². The van der Waals surface area contributed by atoms with Crippen LogP contribution in [0.5, 0.6) is 0 Å².